The summed E-state index contributed by atoms with van der Waals surface area (Å²) in [5, 5.41) is 5.17. The molecule has 0 unspecified atom stereocenters. The number of anilines is 2. The third-order valence-electron chi connectivity index (χ3n) is 5.04. The summed E-state index contributed by atoms with van der Waals surface area (Å²) in [7, 11) is 0. The number of hydrogen-bond acceptors (Lipinski definition) is 5. The van der Waals surface area contributed by atoms with E-state index in [0.29, 0.717) is 36.9 Å². The van der Waals surface area contributed by atoms with E-state index in [9.17, 15) is 18.4 Å². The van der Waals surface area contributed by atoms with Crippen LogP contribution in [0.3, 0.4) is 0 Å². The van der Waals surface area contributed by atoms with Gasteiger partial charge in [0, 0.05) is 30.1 Å². The van der Waals surface area contributed by atoms with Crippen molar-refractivity contribution in [2.45, 2.75) is 19.3 Å². The van der Waals surface area contributed by atoms with Crippen molar-refractivity contribution in [2.75, 3.05) is 43.1 Å². The molecule has 0 bridgehead atoms. The molecule has 2 aromatic rings. The van der Waals surface area contributed by atoms with Gasteiger partial charge >= 0.3 is 0 Å². The summed E-state index contributed by atoms with van der Waals surface area (Å²) in [5.74, 6) is -2.85. The molecule has 0 radical (unpaired) electrons. The number of nitrogens with zero attached hydrogens (tertiary/aromatic N) is 1. The summed E-state index contributed by atoms with van der Waals surface area (Å²) in [6.07, 6.45) is 3.10. The summed E-state index contributed by atoms with van der Waals surface area (Å²) in [5.41, 5.74) is 1.77. The molecule has 1 fully saturated rings. The van der Waals surface area contributed by atoms with Crippen molar-refractivity contribution >= 4 is 34.5 Å². The Bertz CT molecular complexity index is 920. The Balaban J connectivity index is 1.40. The van der Waals surface area contributed by atoms with Crippen LogP contribution in [0.1, 0.15) is 26.5 Å². The average molecular weight is 421 g/mol. The molecule has 0 saturated carbocycles. The maximum atomic E-state index is 13.8. The van der Waals surface area contributed by atoms with E-state index in [1.54, 1.807) is 0 Å². The SMILES string of the molecule is O=C(CNC(=O)c1cc2c(s1)CCC2)Nc1cc(F)c(F)cc1N1CCOCC1. The van der Waals surface area contributed by atoms with E-state index >= 15 is 0 Å². The second-order valence-corrected chi connectivity index (χ2v) is 8.16. The summed E-state index contributed by atoms with van der Waals surface area (Å²) in [6, 6.07) is 3.91. The minimum atomic E-state index is -1.05. The van der Waals surface area contributed by atoms with Gasteiger partial charge in [-0.25, -0.2) is 8.78 Å². The largest absolute Gasteiger partial charge is 0.378 e. The highest BCUT2D eigenvalue weighted by Gasteiger charge is 2.21. The highest BCUT2D eigenvalue weighted by Crippen LogP contribution is 2.31. The minimum absolute atomic E-state index is 0.167. The van der Waals surface area contributed by atoms with Gasteiger partial charge in [0.1, 0.15) is 0 Å². The fraction of sp³-hybridized carbons (Fsp3) is 0.400. The van der Waals surface area contributed by atoms with Crippen molar-refractivity contribution < 1.29 is 23.1 Å². The molecular weight excluding hydrogens is 400 g/mol. The van der Waals surface area contributed by atoms with Gasteiger partial charge in [0.05, 0.1) is 36.0 Å². The molecule has 9 heteroatoms. The molecule has 2 aliphatic rings. The van der Waals surface area contributed by atoms with Crippen molar-refractivity contribution in [1.82, 2.24) is 5.32 Å². The molecule has 2 N–H and O–H groups in total. The van der Waals surface area contributed by atoms with Crippen molar-refractivity contribution in [3.05, 3.63) is 45.2 Å². The number of ether oxygens (including phenoxy) is 1. The van der Waals surface area contributed by atoms with E-state index in [0.717, 1.165) is 31.4 Å². The van der Waals surface area contributed by atoms with Gasteiger partial charge in [-0.15, -0.1) is 11.3 Å². The van der Waals surface area contributed by atoms with Gasteiger partial charge in [0.15, 0.2) is 11.6 Å². The predicted octanol–water partition coefficient (Wildman–Crippen LogP) is 2.72. The molecule has 2 amide bonds. The normalized spacial score (nSPS) is 15.9. The Hall–Kier alpha value is -2.52. The number of nitrogens with one attached hydrogen (secondary N) is 2. The molecule has 29 heavy (non-hydrogen) atoms. The van der Waals surface area contributed by atoms with E-state index in [-0.39, 0.29) is 18.1 Å². The fourth-order valence-electron chi connectivity index (χ4n) is 3.59. The Kier molecular flexibility index (Phi) is 5.77. The van der Waals surface area contributed by atoms with Crippen LogP contribution in [0.5, 0.6) is 0 Å². The van der Waals surface area contributed by atoms with Crippen molar-refractivity contribution in [1.29, 1.82) is 0 Å². The first kappa shape index (κ1) is 19.8. The van der Waals surface area contributed by atoms with E-state index < -0.39 is 17.5 Å². The number of halogens is 2. The van der Waals surface area contributed by atoms with E-state index in [2.05, 4.69) is 10.6 Å². The van der Waals surface area contributed by atoms with Gasteiger partial charge in [-0.2, -0.15) is 0 Å². The van der Waals surface area contributed by atoms with Gasteiger partial charge in [-0.3, -0.25) is 9.59 Å². The Morgan fingerprint density at radius 3 is 2.62 bits per heavy atom. The minimum Gasteiger partial charge on any atom is -0.378 e. The highest BCUT2D eigenvalue weighted by atomic mass is 32.1. The third kappa shape index (κ3) is 4.40. The first-order valence-corrected chi connectivity index (χ1v) is 10.3. The second-order valence-electron chi connectivity index (χ2n) is 7.03. The second kappa shape index (κ2) is 8.46. The van der Waals surface area contributed by atoms with Gasteiger partial charge in [-0.05, 0) is 30.9 Å². The molecule has 0 atom stereocenters. The Labute approximate surface area is 170 Å². The quantitative estimate of drug-likeness (QED) is 0.779. The Morgan fingerprint density at radius 2 is 1.86 bits per heavy atom. The van der Waals surface area contributed by atoms with Gasteiger partial charge in [0.25, 0.3) is 5.91 Å². The maximum absolute atomic E-state index is 13.8. The molecule has 4 rings (SSSR count). The zero-order chi connectivity index (χ0) is 20.4. The third-order valence-corrected chi connectivity index (χ3v) is 6.28. The summed E-state index contributed by atoms with van der Waals surface area (Å²) in [4.78, 5) is 28.3. The summed E-state index contributed by atoms with van der Waals surface area (Å²) in [6.45, 7) is 1.69. The molecule has 2 heterocycles. The van der Waals surface area contributed by atoms with Crippen LogP contribution in [-0.2, 0) is 22.4 Å². The van der Waals surface area contributed by atoms with Crippen LogP contribution in [0.2, 0.25) is 0 Å². The van der Waals surface area contributed by atoms with Crippen LogP contribution in [0.15, 0.2) is 18.2 Å². The number of thiophene rings is 1. The summed E-state index contributed by atoms with van der Waals surface area (Å²) >= 11 is 1.46. The zero-order valence-corrected chi connectivity index (χ0v) is 16.5. The zero-order valence-electron chi connectivity index (χ0n) is 15.7. The van der Waals surface area contributed by atoms with E-state index in [1.165, 1.54) is 21.8 Å². The van der Waals surface area contributed by atoms with E-state index in [4.69, 9.17) is 4.74 Å². The van der Waals surface area contributed by atoms with Gasteiger partial charge in [-0.1, -0.05) is 0 Å². The molecule has 1 aromatic heterocycles. The smallest absolute Gasteiger partial charge is 0.261 e. The Morgan fingerprint density at radius 1 is 1.10 bits per heavy atom. The van der Waals surface area contributed by atoms with Crippen molar-refractivity contribution in [2.24, 2.45) is 0 Å². The number of amides is 2. The van der Waals surface area contributed by atoms with Crippen LogP contribution >= 0.6 is 11.3 Å². The van der Waals surface area contributed by atoms with Crippen LogP contribution in [0.4, 0.5) is 20.2 Å². The fourth-order valence-corrected chi connectivity index (χ4v) is 4.76. The summed E-state index contributed by atoms with van der Waals surface area (Å²) < 4.78 is 32.8. The number of rotatable bonds is 5. The predicted molar refractivity (Wildman–Crippen MR) is 107 cm³/mol. The first-order chi connectivity index (χ1) is 14.0. The van der Waals surface area contributed by atoms with Crippen LogP contribution in [0, 0.1) is 11.6 Å². The molecule has 1 aromatic carbocycles. The first-order valence-electron chi connectivity index (χ1n) is 9.52. The van der Waals surface area contributed by atoms with Gasteiger partial charge < -0.3 is 20.3 Å². The van der Waals surface area contributed by atoms with Crippen molar-refractivity contribution in [3.8, 4) is 0 Å². The number of hydrogen-bond donors (Lipinski definition) is 2. The molecule has 1 aliphatic heterocycles. The number of aryl methyl sites for hydroxylation is 2. The number of fused-ring (bicyclic) bond motifs is 1. The lowest BCUT2D eigenvalue weighted by Gasteiger charge is -2.30. The molecule has 1 saturated heterocycles. The molecule has 6 nitrogen and oxygen atoms in total. The molecule has 154 valence electrons. The van der Waals surface area contributed by atoms with Crippen LogP contribution in [-0.4, -0.2) is 44.7 Å². The lowest BCUT2D eigenvalue weighted by molar-refractivity contribution is -0.115. The number of carbonyl (C=O) groups excluding carboxylic acids is 2. The van der Waals surface area contributed by atoms with Crippen LogP contribution in [0.25, 0.3) is 0 Å². The standard InChI is InChI=1S/C20H21F2N3O3S/c21-13-9-15(16(10-14(13)22)25-4-6-28-7-5-25)24-19(26)11-23-20(27)18-8-12-2-1-3-17(12)29-18/h8-10H,1-7,11H2,(H,23,27)(H,24,26). The maximum Gasteiger partial charge on any atom is 0.261 e. The lowest BCUT2D eigenvalue weighted by Crippen LogP contribution is -2.37. The van der Waals surface area contributed by atoms with Gasteiger partial charge in [0.2, 0.25) is 5.91 Å². The monoisotopic (exact) mass is 421 g/mol. The number of carbonyl (C=O) groups is 2. The highest BCUT2D eigenvalue weighted by molar-refractivity contribution is 7.14. The van der Waals surface area contributed by atoms with Crippen LogP contribution < -0.4 is 15.5 Å². The number of morpholine rings is 1. The average Bonchev–Trinajstić information content (AvgIpc) is 3.32. The molecule has 0 spiro atoms. The lowest BCUT2D eigenvalue weighted by atomic mass is 10.2. The van der Waals surface area contributed by atoms with E-state index in [1.807, 2.05) is 11.0 Å². The molecule has 1 aliphatic carbocycles. The molecular formula is C20H21F2N3O3S. The van der Waals surface area contributed by atoms with Crippen molar-refractivity contribution in [3.63, 3.8) is 0 Å². The number of benzene rings is 1. The topological polar surface area (TPSA) is 70.7 Å².